The normalized spacial score (nSPS) is 32.5. The van der Waals surface area contributed by atoms with E-state index in [1.54, 1.807) is 0 Å². The van der Waals surface area contributed by atoms with Crippen LogP contribution in [0.2, 0.25) is 0 Å². The fraction of sp³-hybridized carbons (Fsp3) is 0.938. The molecule has 127 valence electrons. The summed E-state index contributed by atoms with van der Waals surface area (Å²) in [5, 5.41) is 3.41. The molecule has 0 aromatic carbocycles. The topological polar surface area (TPSA) is 12.0 Å². The van der Waals surface area contributed by atoms with Crippen LogP contribution in [0.15, 0.2) is 0 Å². The van der Waals surface area contributed by atoms with E-state index in [4.69, 9.17) is 19.4 Å². The molecule has 0 aromatic heterocycles. The Kier molecular flexibility index (Phi) is 16.2. The third kappa shape index (κ3) is 7.97. The van der Waals surface area contributed by atoms with Gasteiger partial charge >= 0.3 is 34.5 Å². The van der Waals surface area contributed by atoms with Crippen molar-refractivity contribution in [2.45, 2.75) is 53.9 Å². The van der Waals surface area contributed by atoms with Crippen molar-refractivity contribution in [1.29, 1.82) is 0 Å². The second kappa shape index (κ2) is 13.8. The molecule has 1 N–H and O–H groups in total. The number of halogens is 2. The molecular formula is C16H34Cl2NRh-. The van der Waals surface area contributed by atoms with Gasteiger partial charge in [0.05, 0.1) is 0 Å². The molecule has 4 atom stereocenters. The molecule has 1 nitrogen and oxygen atoms in total. The summed E-state index contributed by atoms with van der Waals surface area (Å²) >= 11 is -0.226. The summed E-state index contributed by atoms with van der Waals surface area (Å²) in [5.74, 6) is 4.70. The first-order valence-electron chi connectivity index (χ1n) is 7.55. The van der Waals surface area contributed by atoms with E-state index < -0.39 is 0 Å². The second-order valence-corrected chi connectivity index (χ2v) is 8.49. The maximum absolute atomic E-state index is 4.83. The van der Waals surface area contributed by atoms with Gasteiger partial charge in [0.25, 0.3) is 0 Å². The summed E-state index contributed by atoms with van der Waals surface area (Å²) in [6.07, 6.45) is 4.21. The summed E-state index contributed by atoms with van der Waals surface area (Å²) in [4.78, 5) is 0. The Morgan fingerprint density at radius 2 is 1.35 bits per heavy atom. The van der Waals surface area contributed by atoms with Gasteiger partial charge in [0.2, 0.25) is 0 Å². The molecule has 0 radical (unpaired) electrons. The predicted molar refractivity (Wildman–Crippen MR) is 90.7 cm³/mol. The van der Waals surface area contributed by atoms with E-state index in [9.17, 15) is 0 Å². The van der Waals surface area contributed by atoms with Crippen molar-refractivity contribution >= 4 is 19.4 Å². The van der Waals surface area contributed by atoms with Crippen molar-refractivity contribution in [1.82, 2.24) is 5.32 Å². The van der Waals surface area contributed by atoms with Gasteiger partial charge in [0.1, 0.15) is 0 Å². The molecule has 0 amide bonds. The molecule has 1 aliphatic carbocycles. The van der Waals surface area contributed by atoms with Gasteiger partial charge in [-0.3, -0.25) is 0 Å². The third-order valence-corrected chi connectivity index (χ3v) is 5.23. The average molecular weight is 414 g/mol. The minimum absolute atomic E-state index is 0. The molecule has 1 saturated carbocycles. The van der Waals surface area contributed by atoms with E-state index >= 15 is 0 Å². The van der Waals surface area contributed by atoms with Crippen LogP contribution < -0.4 is 5.32 Å². The first kappa shape index (κ1) is 23.4. The minimum atomic E-state index is -0.226. The summed E-state index contributed by atoms with van der Waals surface area (Å²) < 4.78 is 0. The molecule has 0 aromatic rings. The van der Waals surface area contributed by atoms with Crippen LogP contribution in [0.25, 0.3) is 0 Å². The van der Waals surface area contributed by atoms with Crippen molar-refractivity contribution in [3.05, 3.63) is 7.43 Å². The molecule has 0 heterocycles. The zero-order valence-electron chi connectivity index (χ0n) is 14.0. The van der Waals surface area contributed by atoms with Crippen LogP contribution in [0.5, 0.6) is 0 Å². The first-order valence-corrected chi connectivity index (χ1v) is 11.8. The van der Waals surface area contributed by atoms with Crippen LogP contribution >= 0.6 is 19.4 Å². The van der Waals surface area contributed by atoms with Gasteiger partial charge in [-0.1, -0.05) is 41.0 Å². The molecule has 0 bridgehead atoms. The molecule has 20 heavy (non-hydrogen) atoms. The van der Waals surface area contributed by atoms with Crippen molar-refractivity contribution in [3.8, 4) is 0 Å². The predicted octanol–water partition coefficient (Wildman–Crippen LogP) is 5.77. The van der Waals surface area contributed by atoms with Crippen molar-refractivity contribution in [3.63, 3.8) is 0 Å². The molecule has 0 aliphatic heterocycles. The van der Waals surface area contributed by atoms with Crippen molar-refractivity contribution in [2.24, 2.45) is 29.6 Å². The molecular weight excluding hydrogens is 380 g/mol. The molecule has 1 fully saturated rings. The Labute approximate surface area is 143 Å². The monoisotopic (exact) mass is 413 g/mol. The summed E-state index contributed by atoms with van der Waals surface area (Å²) in [6.45, 7) is 14.3. The number of unbranched alkanes of at least 4 members (excludes halogenated alkanes) is 1. The zero-order valence-corrected chi connectivity index (χ0v) is 17.2. The number of rotatable bonds is 6. The van der Waals surface area contributed by atoms with E-state index in [1.165, 1.54) is 25.8 Å². The van der Waals surface area contributed by atoms with Crippen LogP contribution in [0.1, 0.15) is 53.9 Å². The SMILES string of the molecule is CCNCCCCC1C(C)C(C)C(C)C1C.[CH3-].[Cl][Rh][Cl]. The zero-order chi connectivity index (χ0) is 14.8. The molecule has 0 spiro atoms. The summed E-state index contributed by atoms with van der Waals surface area (Å²) in [5.41, 5.74) is 0. The van der Waals surface area contributed by atoms with E-state index in [-0.39, 0.29) is 22.6 Å². The number of hydrogen-bond donors (Lipinski definition) is 1. The van der Waals surface area contributed by atoms with Gasteiger partial charge in [-0.05, 0) is 55.5 Å². The van der Waals surface area contributed by atoms with Crippen LogP contribution in [0, 0.1) is 37.0 Å². The Hall–Kier alpha value is 1.16. The molecule has 1 aliphatic rings. The Bertz CT molecular complexity index is 203. The van der Waals surface area contributed by atoms with Gasteiger partial charge in [-0.2, -0.15) is 0 Å². The van der Waals surface area contributed by atoms with E-state index in [0.29, 0.717) is 0 Å². The molecule has 4 unspecified atom stereocenters. The standard InChI is InChI=1S/C15H31N.CH3.2ClH.Rh/c1-6-16-10-8-7-9-15-13(4)11(2)12(3)14(15)5;;;;/h11-16H,6-10H2,1-5H3;1H3;2*1H;/q;-1;;;+2/p-2. The molecule has 0 saturated heterocycles. The van der Waals surface area contributed by atoms with Crippen LogP contribution in [-0.2, 0) is 15.1 Å². The summed E-state index contributed by atoms with van der Waals surface area (Å²) in [7, 11) is 9.67. The summed E-state index contributed by atoms with van der Waals surface area (Å²) in [6, 6.07) is 0. The van der Waals surface area contributed by atoms with Gasteiger partial charge in [0, 0.05) is 0 Å². The van der Waals surface area contributed by atoms with Gasteiger partial charge < -0.3 is 12.7 Å². The number of hydrogen-bond acceptors (Lipinski definition) is 1. The van der Waals surface area contributed by atoms with E-state index in [0.717, 1.165) is 36.1 Å². The molecule has 1 rings (SSSR count). The van der Waals surface area contributed by atoms with Crippen LogP contribution in [-0.4, -0.2) is 13.1 Å². The number of nitrogens with one attached hydrogen (secondary N) is 1. The fourth-order valence-corrected chi connectivity index (χ4v) is 3.55. The fourth-order valence-electron chi connectivity index (χ4n) is 3.55. The average Bonchev–Trinajstić information content (AvgIpc) is 2.56. The van der Waals surface area contributed by atoms with E-state index in [2.05, 4.69) is 39.9 Å². The Balaban J connectivity index is 0. The maximum atomic E-state index is 4.83. The third-order valence-electron chi connectivity index (χ3n) is 5.23. The van der Waals surface area contributed by atoms with Gasteiger partial charge in [-0.15, -0.1) is 0 Å². The quantitative estimate of drug-likeness (QED) is 0.331. The van der Waals surface area contributed by atoms with Crippen molar-refractivity contribution in [2.75, 3.05) is 13.1 Å². The molecule has 4 heteroatoms. The second-order valence-electron chi connectivity index (χ2n) is 6.00. The van der Waals surface area contributed by atoms with Crippen molar-refractivity contribution < 1.29 is 15.1 Å². The van der Waals surface area contributed by atoms with Crippen LogP contribution in [0.4, 0.5) is 0 Å². The van der Waals surface area contributed by atoms with Gasteiger partial charge in [-0.25, -0.2) is 0 Å². The van der Waals surface area contributed by atoms with Crippen LogP contribution in [0.3, 0.4) is 0 Å². The first-order chi connectivity index (χ1) is 9.01. The Morgan fingerprint density at radius 1 is 0.900 bits per heavy atom. The Morgan fingerprint density at radius 3 is 1.75 bits per heavy atom. The van der Waals surface area contributed by atoms with E-state index in [1.807, 2.05) is 0 Å². The van der Waals surface area contributed by atoms with Gasteiger partial charge in [0.15, 0.2) is 0 Å².